The fourth-order valence-corrected chi connectivity index (χ4v) is 1.88. The average Bonchev–Trinajstić information content (AvgIpc) is 2.40. The van der Waals surface area contributed by atoms with E-state index in [2.05, 4.69) is 10.3 Å². The molecule has 6 heteroatoms. The third-order valence-corrected chi connectivity index (χ3v) is 2.65. The second-order valence-corrected chi connectivity index (χ2v) is 3.42. The SMILES string of the molecule is O=C(O)C1Cn2nncc2S1. The van der Waals surface area contributed by atoms with Crippen molar-refractivity contribution in [3.63, 3.8) is 0 Å². The molecule has 0 radical (unpaired) electrons. The molecule has 11 heavy (non-hydrogen) atoms. The normalized spacial score (nSPS) is 21.6. The predicted molar refractivity (Wildman–Crippen MR) is 37.3 cm³/mol. The fourth-order valence-electron chi connectivity index (χ4n) is 0.935. The predicted octanol–water partition coefficient (Wildman–Crippen LogP) is -0.163. The monoisotopic (exact) mass is 171 g/mol. The van der Waals surface area contributed by atoms with Crippen molar-refractivity contribution in [3.8, 4) is 0 Å². The van der Waals surface area contributed by atoms with Gasteiger partial charge >= 0.3 is 5.97 Å². The van der Waals surface area contributed by atoms with Crippen LogP contribution < -0.4 is 0 Å². The Morgan fingerprint density at radius 1 is 1.91 bits per heavy atom. The molecule has 1 aliphatic rings. The van der Waals surface area contributed by atoms with Gasteiger partial charge in [0.1, 0.15) is 10.3 Å². The molecule has 1 aromatic heterocycles. The average molecular weight is 171 g/mol. The number of carboxylic acids is 1. The molecule has 1 aromatic rings. The Hall–Kier alpha value is -1.04. The number of fused-ring (bicyclic) bond motifs is 1. The zero-order valence-corrected chi connectivity index (χ0v) is 6.28. The van der Waals surface area contributed by atoms with Crippen molar-refractivity contribution in [2.75, 3.05) is 0 Å². The minimum absolute atomic E-state index is 0.388. The van der Waals surface area contributed by atoms with Crippen LogP contribution in [0, 0.1) is 0 Å². The number of aromatic nitrogens is 3. The molecule has 0 saturated carbocycles. The molecule has 0 spiro atoms. The van der Waals surface area contributed by atoms with E-state index < -0.39 is 5.97 Å². The van der Waals surface area contributed by atoms with Crippen molar-refractivity contribution >= 4 is 17.7 Å². The van der Waals surface area contributed by atoms with Gasteiger partial charge in [0.25, 0.3) is 0 Å². The molecular weight excluding hydrogens is 166 g/mol. The molecule has 0 amide bonds. The summed E-state index contributed by atoms with van der Waals surface area (Å²) in [4.78, 5) is 10.5. The van der Waals surface area contributed by atoms with Gasteiger partial charge < -0.3 is 5.11 Å². The first-order valence-corrected chi connectivity index (χ1v) is 3.93. The van der Waals surface area contributed by atoms with E-state index >= 15 is 0 Å². The van der Waals surface area contributed by atoms with Crippen molar-refractivity contribution in [1.82, 2.24) is 15.0 Å². The Balaban J connectivity index is 2.22. The van der Waals surface area contributed by atoms with Gasteiger partial charge in [-0.2, -0.15) is 0 Å². The van der Waals surface area contributed by atoms with Crippen LogP contribution in [0.2, 0.25) is 0 Å². The quantitative estimate of drug-likeness (QED) is 0.635. The Morgan fingerprint density at radius 2 is 2.73 bits per heavy atom. The van der Waals surface area contributed by atoms with Crippen LogP contribution in [-0.4, -0.2) is 31.3 Å². The number of carbonyl (C=O) groups is 1. The van der Waals surface area contributed by atoms with E-state index in [9.17, 15) is 4.79 Å². The van der Waals surface area contributed by atoms with Crippen LogP contribution in [-0.2, 0) is 11.3 Å². The van der Waals surface area contributed by atoms with Crippen LogP contribution in [0.1, 0.15) is 0 Å². The lowest BCUT2D eigenvalue weighted by Crippen LogP contribution is -2.17. The van der Waals surface area contributed by atoms with Gasteiger partial charge in [0.2, 0.25) is 0 Å². The first-order chi connectivity index (χ1) is 5.27. The molecule has 1 unspecified atom stereocenters. The third kappa shape index (κ3) is 0.988. The van der Waals surface area contributed by atoms with Crippen molar-refractivity contribution in [3.05, 3.63) is 6.20 Å². The minimum atomic E-state index is -0.791. The molecule has 0 saturated heterocycles. The van der Waals surface area contributed by atoms with Crippen molar-refractivity contribution in [1.29, 1.82) is 0 Å². The Morgan fingerprint density at radius 3 is 3.36 bits per heavy atom. The lowest BCUT2D eigenvalue weighted by atomic mass is 10.4. The van der Waals surface area contributed by atoms with E-state index in [0.717, 1.165) is 5.03 Å². The van der Waals surface area contributed by atoms with Crippen molar-refractivity contribution in [2.45, 2.75) is 16.8 Å². The summed E-state index contributed by atoms with van der Waals surface area (Å²) in [5, 5.41) is 16.4. The number of hydrogen-bond donors (Lipinski definition) is 1. The van der Waals surface area contributed by atoms with Gasteiger partial charge in [-0.15, -0.1) is 5.10 Å². The molecule has 1 N–H and O–H groups in total. The summed E-state index contributed by atoms with van der Waals surface area (Å²) in [6.07, 6.45) is 1.58. The first kappa shape index (κ1) is 6.66. The summed E-state index contributed by atoms with van der Waals surface area (Å²) in [5.41, 5.74) is 0. The van der Waals surface area contributed by atoms with E-state index in [-0.39, 0.29) is 5.25 Å². The molecule has 5 nitrogen and oxygen atoms in total. The van der Waals surface area contributed by atoms with E-state index in [1.54, 1.807) is 10.9 Å². The molecule has 2 heterocycles. The molecule has 2 rings (SSSR count). The Labute approximate surface area is 66.4 Å². The molecule has 58 valence electrons. The molecule has 0 aliphatic carbocycles. The Bertz CT molecular complexity index is 277. The maximum Gasteiger partial charge on any atom is 0.318 e. The molecule has 0 bridgehead atoms. The third-order valence-electron chi connectivity index (χ3n) is 1.46. The number of rotatable bonds is 1. The molecule has 0 fully saturated rings. The van der Waals surface area contributed by atoms with Gasteiger partial charge in [-0.1, -0.05) is 17.0 Å². The first-order valence-electron chi connectivity index (χ1n) is 3.05. The number of hydrogen-bond acceptors (Lipinski definition) is 4. The van der Waals surface area contributed by atoms with Gasteiger partial charge in [-0.3, -0.25) is 4.79 Å². The highest BCUT2D eigenvalue weighted by molar-refractivity contribution is 8.00. The van der Waals surface area contributed by atoms with Crippen LogP contribution in [0.25, 0.3) is 0 Å². The van der Waals surface area contributed by atoms with Gasteiger partial charge in [-0.05, 0) is 0 Å². The summed E-state index contributed by atoms with van der Waals surface area (Å²) >= 11 is 1.29. The number of carboxylic acid groups (broad SMARTS) is 1. The van der Waals surface area contributed by atoms with Crippen molar-refractivity contribution in [2.24, 2.45) is 0 Å². The molecule has 1 atom stereocenters. The lowest BCUT2D eigenvalue weighted by Gasteiger charge is -1.97. The maximum atomic E-state index is 10.5. The van der Waals surface area contributed by atoms with Gasteiger partial charge in [-0.25, -0.2) is 4.68 Å². The van der Waals surface area contributed by atoms with Crippen LogP contribution in [0.15, 0.2) is 11.2 Å². The van der Waals surface area contributed by atoms with E-state index in [4.69, 9.17) is 5.11 Å². The summed E-state index contributed by atoms with van der Waals surface area (Å²) < 4.78 is 1.60. The van der Waals surface area contributed by atoms with Crippen LogP contribution in [0.4, 0.5) is 0 Å². The highest BCUT2D eigenvalue weighted by Gasteiger charge is 2.28. The largest absolute Gasteiger partial charge is 0.480 e. The van der Waals surface area contributed by atoms with Gasteiger partial charge in [0, 0.05) is 0 Å². The summed E-state index contributed by atoms with van der Waals surface area (Å²) in [7, 11) is 0. The lowest BCUT2D eigenvalue weighted by molar-refractivity contribution is -0.136. The minimum Gasteiger partial charge on any atom is -0.480 e. The van der Waals surface area contributed by atoms with E-state index in [1.165, 1.54) is 11.8 Å². The van der Waals surface area contributed by atoms with E-state index in [0.29, 0.717) is 6.54 Å². The van der Waals surface area contributed by atoms with E-state index in [1.807, 2.05) is 0 Å². The standard InChI is InChI=1S/C5H5N3O2S/c9-5(10)3-2-8-4(11-3)1-6-7-8/h1,3H,2H2,(H,9,10). The zero-order valence-electron chi connectivity index (χ0n) is 5.47. The highest BCUT2D eigenvalue weighted by atomic mass is 32.2. The maximum absolute atomic E-state index is 10.5. The molecular formula is C5H5N3O2S. The Kier molecular flexibility index (Phi) is 1.35. The van der Waals surface area contributed by atoms with Gasteiger partial charge in [0.15, 0.2) is 0 Å². The number of aliphatic carboxylic acids is 1. The van der Waals surface area contributed by atoms with Gasteiger partial charge in [0.05, 0.1) is 12.7 Å². The zero-order chi connectivity index (χ0) is 7.84. The summed E-state index contributed by atoms with van der Waals surface area (Å²) in [6.45, 7) is 0.426. The van der Waals surface area contributed by atoms with Crippen molar-refractivity contribution < 1.29 is 9.90 Å². The van der Waals surface area contributed by atoms with Crippen LogP contribution >= 0.6 is 11.8 Å². The highest BCUT2D eigenvalue weighted by Crippen LogP contribution is 2.30. The number of nitrogens with zero attached hydrogens (tertiary/aromatic N) is 3. The smallest absolute Gasteiger partial charge is 0.318 e. The fraction of sp³-hybridized carbons (Fsp3) is 0.400. The molecule has 0 aromatic carbocycles. The summed E-state index contributed by atoms with van der Waals surface area (Å²) in [5.74, 6) is -0.791. The molecule has 1 aliphatic heterocycles. The second kappa shape index (κ2) is 2.23. The number of thioether (sulfide) groups is 1. The van der Waals surface area contributed by atoms with Crippen LogP contribution in [0.3, 0.4) is 0 Å². The second-order valence-electron chi connectivity index (χ2n) is 2.20. The summed E-state index contributed by atoms with van der Waals surface area (Å²) in [6, 6.07) is 0. The topological polar surface area (TPSA) is 68.0 Å². The van der Waals surface area contributed by atoms with Crippen LogP contribution in [0.5, 0.6) is 0 Å².